The lowest BCUT2D eigenvalue weighted by Crippen LogP contribution is -1.96. The average Bonchev–Trinajstić information content (AvgIpc) is 3.44. The lowest BCUT2D eigenvalue weighted by Gasteiger charge is -2.06. The van der Waals surface area contributed by atoms with Crippen molar-refractivity contribution in [2.24, 2.45) is 0 Å². The molecule has 14 aromatic rings. The maximum atomic E-state index is 5.10. The zero-order chi connectivity index (χ0) is 49.0. The number of hydrogen-bond acceptors (Lipinski definition) is 2. The summed E-state index contributed by atoms with van der Waals surface area (Å²) in [5.41, 5.74) is 8.00. The summed E-state index contributed by atoms with van der Waals surface area (Å²) in [6, 6.07) is 81.1. The molecule has 0 aliphatic heterocycles. The average molecular weight is 931 g/mol. The molecule has 14 rings (SSSR count). The van der Waals surface area contributed by atoms with E-state index in [1.165, 1.54) is 75.4 Å². The second kappa shape index (κ2) is 17.7. The second-order valence-corrected chi connectivity index (χ2v) is 18.9. The van der Waals surface area contributed by atoms with Crippen LogP contribution in [0, 0.1) is 47.4 Å². The fraction of sp³-hybridized carbons (Fsp3) is 0. The van der Waals surface area contributed by atoms with E-state index < -0.39 is 0 Å². The molecule has 1 aromatic heterocycles. The summed E-state index contributed by atoms with van der Waals surface area (Å²) >= 11 is 0. The maximum absolute atomic E-state index is 5.10. The largest absolute Gasteiger partial charge is 0.235 e. The number of aromatic nitrogens is 2. The van der Waals surface area contributed by atoms with Crippen LogP contribution in [0.4, 0.5) is 0 Å². The van der Waals surface area contributed by atoms with E-state index in [2.05, 4.69) is 229 Å². The normalized spacial score (nSPS) is 11.1. The molecule has 2 nitrogen and oxygen atoms in total. The molecule has 0 unspecified atom stereocenters. The minimum absolute atomic E-state index is 0.519. The monoisotopic (exact) mass is 930 g/mol. The van der Waals surface area contributed by atoms with Gasteiger partial charge in [-0.2, -0.15) is 0 Å². The van der Waals surface area contributed by atoms with E-state index in [-0.39, 0.29) is 0 Å². The highest BCUT2D eigenvalue weighted by atomic mass is 14.8. The number of rotatable bonds is 0. The van der Waals surface area contributed by atoms with E-state index in [1.54, 1.807) is 0 Å². The molecule has 0 radical (unpaired) electrons. The SMILES string of the molecule is C(#Cc1ccc2cc3cc4ccccc4cc3cc2c1)c1ccc(C#Cc2nc3cc4cc5ccccc5cc4cc3nc2C#Cc2ccc(C#Cc3ccc4cc5cc6ccccc6cc5cc4c3)cc2)cc1. The molecule has 0 aliphatic carbocycles. The van der Waals surface area contributed by atoms with Gasteiger partial charge in [0.1, 0.15) is 11.4 Å². The summed E-state index contributed by atoms with van der Waals surface area (Å²) in [4.78, 5) is 10.2. The molecule has 0 N–H and O–H groups in total. The predicted octanol–water partition coefficient (Wildman–Crippen LogP) is 16.5. The molecule has 13 aromatic carbocycles. The minimum atomic E-state index is 0.519. The van der Waals surface area contributed by atoms with E-state index in [1.807, 2.05) is 48.5 Å². The number of fused-ring (bicyclic) bond motifs is 9. The first-order valence-corrected chi connectivity index (χ1v) is 24.7. The van der Waals surface area contributed by atoms with Crippen molar-refractivity contribution < 1.29 is 0 Å². The Morgan fingerprint density at radius 2 is 0.392 bits per heavy atom. The third-order valence-electron chi connectivity index (χ3n) is 13.9. The quantitative estimate of drug-likeness (QED) is 0.112. The Balaban J connectivity index is 0.744. The lowest BCUT2D eigenvalue weighted by atomic mass is 9.99. The summed E-state index contributed by atoms with van der Waals surface area (Å²) in [5.74, 6) is 26.9. The van der Waals surface area contributed by atoms with Gasteiger partial charge in [-0.15, -0.1) is 0 Å². The van der Waals surface area contributed by atoms with E-state index in [0.29, 0.717) is 11.4 Å². The van der Waals surface area contributed by atoms with Crippen molar-refractivity contribution in [1.29, 1.82) is 0 Å². The van der Waals surface area contributed by atoms with E-state index in [0.717, 1.165) is 55.2 Å². The molecule has 0 saturated carbocycles. The summed E-state index contributed by atoms with van der Waals surface area (Å²) in [6.45, 7) is 0. The van der Waals surface area contributed by atoms with Gasteiger partial charge in [0, 0.05) is 33.4 Å². The van der Waals surface area contributed by atoms with Gasteiger partial charge in [-0.25, -0.2) is 9.97 Å². The Labute approximate surface area is 427 Å². The smallest absolute Gasteiger partial charge is 0.148 e. The molecule has 336 valence electrons. The van der Waals surface area contributed by atoms with Crippen molar-refractivity contribution >= 4 is 97.2 Å². The zero-order valence-corrected chi connectivity index (χ0v) is 39.8. The van der Waals surface area contributed by atoms with Crippen LogP contribution in [0.1, 0.15) is 44.8 Å². The van der Waals surface area contributed by atoms with Gasteiger partial charge in [0.15, 0.2) is 0 Å². The molecule has 0 aliphatic rings. The topological polar surface area (TPSA) is 25.8 Å². The molecule has 0 fully saturated rings. The Morgan fingerprint density at radius 3 is 0.703 bits per heavy atom. The van der Waals surface area contributed by atoms with Gasteiger partial charge in [-0.1, -0.05) is 120 Å². The van der Waals surface area contributed by atoms with E-state index >= 15 is 0 Å². The van der Waals surface area contributed by atoms with E-state index in [9.17, 15) is 0 Å². The van der Waals surface area contributed by atoms with Gasteiger partial charge >= 0.3 is 0 Å². The van der Waals surface area contributed by atoms with Crippen molar-refractivity contribution in [2.45, 2.75) is 0 Å². The third kappa shape index (κ3) is 8.32. The van der Waals surface area contributed by atoms with Crippen molar-refractivity contribution in [3.8, 4) is 47.4 Å². The second-order valence-electron chi connectivity index (χ2n) is 18.9. The first-order valence-electron chi connectivity index (χ1n) is 24.7. The van der Waals surface area contributed by atoms with Crippen LogP contribution in [0.5, 0.6) is 0 Å². The zero-order valence-electron chi connectivity index (χ0n) is 39.8. The van der Waals surface area contributed by atoms with Gasteiger partial charge in [0.2, 0.25) is 0 Å². The van der Waals surface area contributed by atoms with Gasteiger partial charge in [0.05, 0.1) is 11.0 Å². The molecule has 2 heteroatoms. The third-order valence-corrected chi connectivity index (χ3v) is 13.9. The number of benzene rings is 13. The molecule has 0 spiro atoms. The summed E-state index contributed by atoms with van der Waals surface area (Å²) in [7, 11) is 0. The highest BCUT2D eigenvalue weighted by molar-refractivity contribution is 6.07. The molecule has 0 amide bonds. The minimum Gasteiger partial charge on any atom is -0.235 e. The van der Waals surface area contributed by atoms with Crippen LogP contribution in [0.3, 0.4) is 0 Å². The number of hydrogen-bond donors (Lipinski definition) is 0. The van der Waals surface area contributed by atoms with Crippen molar-refractivity contribution in [3.05, 3.63) is 275 Å². The van der Waals surface area contributed by atoms with Crippen LogP contribution < -0.4 is 0 Å². The Hall–Kier alpha value is -10.5. The fourth-order valence-corrected chi connectivity index (χ4v) is 10.0. The summed E-state index contributed by atoms with van der Waals surface area (Å²) in [6.07, 6.45) is 0. The molecule has 0 bridgehead atoms. The van der Waals surface area contributed by atoms with Crippen LogP contribution in [0.15, 0.2) is 231 Å². The van der Waals surface area contributed by atoms with Crippen molar-refractivity contribution in [2.75, 3.05) is 0 Å². The molecule has 0 saturated heterocycles. The Kier molecular flexibility index (Phi) is 10.2. The van der Waals surface area contributed by atoms with Gasteiger partial charge in [-0.05, 0) is 244 Å². The predicted molar refractivity (Wildman–Crippen MR) is 309 cm³/mol. The molecular formula is C72H38N2. The molecule has 0 atom stereocenters. The van der Waals surface area contributed by atoms with Crippen molar-refractivity contribution in [1.82, 2.24) is 9.97 Å². The summed E-state index contributed by atoms with van der Waals surface area (Å²) in [5, 5.41) is 19.2. The van der Waals surface area contributed by atoms with Gasteiger partial charge in [-0.3, -0.25) is 0 Å². The lowest BCUT2D eigenvalue weighted by molar-refractivity contribution is 1.23. The highest BCUT2D eigenvalue weighted by Gasteiger charge is 2.10. The molecular weight excluding hydrogens is 893 g/mol. The van der Waals surface area contributed by atoms with Gasteiger partial charge in [0.25, 0.3) is 0 Å². The fourth-order valence-electron chi connectivity index (χ4n) is 10.0. The van der Waals surface area contributed by atoms with Crippen molar-refractivity contribution in [3.63, 3.8) is 0 Å². The van der Waals surface area contributed by atoms with E-state index in [4.69, 9.17) is 9.97 Å². The van der Waals surface area contributed by atoms with Gasteiger partial charge < -0.3 is 0 Å². The first-order chi connectivity index (χ1) is 36.5. The number of nitrogens with zero attached hydrogens (tertiary/aromatic N) is 2. The maximum Gasteiger partial charge on any atom is 0.148 e. The van der Waals surface area contributed by atoms with Crippen LogP contribution in [0.2, 0.25) is 0 Å². The van der Waals surface area contributed by atoms with Crippen LogP contribution in [-0.2, 0) is 0 Å². The highest BCUT2D eigenvalue weighted by Crippen LogP contribution is 2.31. The molecule has 1 heterocycles. The summed E-state index contributed by atoms with van der Waals surface area (Å²) < 4.78 is 0. The standard InChI is InChI=1S/C72H38N2/c1-3-9-55-37-65-43-61-33-51(25-29-59(61)41-63(65)35-53(55)7-1)23-21-47-13-17-49(18-14-47)27-31-69-70(74-72-46-68-40-58-12-6-5-11-57(58)39-67(68)45-71(72)73-69)32-28-50-19-15-48(16-20-50)22-24-52-26-30-60-42-64-36-54-8-2-4-10-56(54)38-66(64)44-62(60)34-52/h1-20,25-26,29-30,33-46H. The Bertz CT molecular complexity index is 4640. The molecule has 74 heavy (non-hydrogen) atoms. The Morgan fingerprint density at radius 1 is 0.176 bits per heavy atom. The van der Waals surface area contributed by atoms with Crippen LogP contribution in [-0.4, -0.2) is 9.97 Å². The van der Waals surface area contributed by atoms with Crippen LogP contribution >= 0.6 is 0 Å². The van der Waals surface area contributed by atoms with Crippen LogP contribution in [0.25, 0.3) is 97.2 Å². The first kappa shape index (κ1) is 42.4.